The zero-order valence-corrected chi connectivity index (χ0v) is 9.57. The van der Waals surface area contributed by atoms with Gasteiger partial charge in [0, 0.05) is 11.0 Å². The first-order valence-electron chi connectivity index (χ1n) is 4.55. The number of carbonyl (C=O) groups excluding carboxylic acids is 1. The van der Waals surface area contributed by atoms with Crippen LogP contribution < -0.4 is 5.32 Å². The quantitative estimate of drug-likeness (QED) is 0.762. The van der Waals surface area contributed by atoms with Crippen molar-refractivity contribution in [1.29, 1.82) is 0 Å². The van der Waals surface area contributed by atoms with E-state index in [2.05, 4.69) is 18.3 Å². The minimum Gasteiger partial charge on any atom is -0.348 e. The van der Waals surface area contributed by atoms with Crippen LogP contribution >= 0.6 is 11.3 Å². The summed E-state index contributed by atoms with van der Waals surface area (Å²) < 4.78 is 0. The van der Waals surface area contributed by atoms with Crippen molar-refractivity contribution in [3.63, 3.8) is 0 Å². The van der Waals surface area contributed by atoms with Crippen LogP contribution in [-0.4, -0.2) is 5.91 Å². The molecule has 1 heterocycles. The number of allylic oxidation sites excluding steroid dienone is 1. The normalized spacial score (nSPS) is 9.64. The van der Waals surface area contributed by atoms with Crippen LogP contribution in [0.4, 0.5) is 0 Å². The first kappa shape index (κ1) is 11.0. The fraction of sp³-hybridized carbons (Fsp3) is 0.364. The lowest BCUT2D eigenvalue weighted by molar-refractivity contribution is -0.116. The van der Waals surface area contributed by atoms with Gasteiger partial charge in [0.15, 0.2) is 0 Å². The highest BCUT2D eigenvalue weighted by atomic mass is 32.1. The second-order valence-corrected chi connectivity index (χ2v) is 4.47. The van der Waals surface area contributed by atoms with E-state index >= 15 is 0 Å². The van der Waals surface area contributed by atoms with E-state index in [0.29, 0.717) is 6.54 Å². The molecule has 0 radical (unpaired) electrons. The molecule has 2 nitrogen and oxygen atoms in total. The van der Waals surface area contributed by atoms with E-state index < -0.39 is 0 Å². The summed E-state index contributed by atoms with van der Waals surface area (Å²) >= 11 is 1.67. The molecular formula is C11H15NOS. The van der Waals surface area contributed by atoms with Crippen molar-refractivity contribution in [2.75, 3.05) is 0 Å². The van der Waals surface area contributed by atoms with Crippen molar-refractivity contribution in [2.45, 2.75) is 27.3 Å². The third-order valence-electron chi connectivity index (χ3n) is 1.81. The number of rotatable bonds is 3. The highest BCUT2D eigenvalue weighted by molar-refractivity contribution is 7.10. The van der Waals surface area contributed by atoms with Crippen LogP contribution in [0.15, 0.2) is 23.1 Å². The minimum absolute atomic E-state index is 0.0159. The van der Waals surface area contributed by atoms with Gasteiger partial charge in [-0.25, -0.2) is 0 Å². The van der Waals surface area contributed by atoms with E-state index in [9.17, 15) is 4.79 Å². The van der Waals surface area contributed by atoms with Crippen LogP contribution in [0.2, 0.25) is 0 Å². The number of amides is 1. The van der Waals surface area contributed by atoms with Gasteiger partial charge in [0.1, 0.15) is 0 Å². The standard InChI is InChI=1S/C11H15NOS/c1-8(2)6-11(13)12-7-10-9(3)4-5-14-10/h4-6H,7H2,1-3H3,(H,12,13). The minimum atomic E-state index is -0.0159. The molecule has 1 aromatic heterocycles. The van der Waals surface area contributed by atoms with Gasteiger partial charge in [-0.05, 0) is 37.8 Å². The molecular weight excluding hydrogens is 194 g/mol. The van der Waals surface area contributed by atoms with Crippen LogP contribution in [0.25, 0.3) is 0 Å². The van der Waals surface area contributed by atoms with E-state index in [1.165, 1.54) is 10.4 Å². The van der Waals surface area contributed by atoms with Gasteiger partial charge >= 0.3 is 0 Å². The maximum Gasteiger partial charge on any atom is 0.244 e. The fourth-order valence-electron chi connectivity index (χ4n) is 1.07. The number of carbonyl (C=O) groups is 1. The van der Waals surface area contributed by atoms with Gasteiger partial charge < -0.3 is 5.32 Å². The predicted octanol–water partition coefficient (Wildman–Crippen LogP) is 2.64. The van der Waals surface area contributed by atoms with Crippen LogP contribution in [0.1, 0.15) is 24.3 Å². The zero-order chi connectivity index (χ0) is 10.6. The second kappa shape index (κ2) is 4.96. The number of hydrogen-bond acceptors (Lipinski definition) is 2. The SMILES string of the molecule is CC(C)=CC(=O)NCc1sccc1C. The van der Waals surface area contributed by atoms with Gasteiger partial charge in [0.25, 0.3) is 0 Å². The van der Waals surface area contributed by atoms with Crippen LogP contribution in [0.5, 0.6) is 0 Å². The summed E-state index contributed by atoms with van der Waals surface area (Å²) in [5.74, 6) is -0.0159. The first-order valence-corrected chi connectivity index (χ1v) is 5.43. The van der Waals surface area contributed by atoms with E-state index in [4.69, 9.17) is 0 Å². The largest absolute Gasteiger partial charge is 0.348 e. The number of hydrogen-bond donors (Lipinski definition) is 1. The molecule has 76 valence electrons. The van der Waals surface area contributed by atoms with Gasteiger partial charge in [-0.15, -0.1) is 11.3 Å². The molecule has 1 aromatic rings. The van der Waals surface area contributed by atoms with Crippen molar-refractivity contribution in [3.8, 4) is 0 Å². The van der Waals surface area contributed by atoms with Crippen molar-refractivity contribution < 1.29 is 4.79 Å². The molecule has 0 bridgehead atoms. The molecule has 0 aromatic carbocycles. The van der Waals surface area contributed by atoms with Crippen LogP contribution in [0.3, 0.4) is 0 Å². The number of nitrogens with one attached hydrogen (secondary N) is 1. The Bertz CT molecular complexity index is 348. The van der Waals surface area contributed by atoms with E-state index in [0.717, 1.165) is 5.57 Å². The summed E-state index contributed by atoms with van der Waals surface area (Å²) in [7, 11) is 0. The van der Waals surface area contributed by atoms with Gasteiger partial charge in [-0.3, -0.25) is 4.79 Å². The molecule has 1 amide bonds. The van der Waals surface area contributed by atoms with Gasteiger partial charge in [-0.1, -0.05) is 5.57 Å². The number of thiophene rings is 1. The van der Waals surface area contributed by atoms with Crippen molar-refractivity contribution in [2.24, 2.45) is 0 Å². The molecule has 14 heavy (non-hydrogen) atoms. The van der Waals surface area contributed by atoms with E-state index in [1.807, 2.05) is 19.2 Å². The first-order chi connectivity index (χ1) is 6.59. The maximum atomic E-state index is 11.3. The van der Waals surface area contributed by atoms with Gasteiger partial charge in [-0.2, -0.15) is 0 Å². The van der Waals surface area contributed by atoms with Gasteiger partial charge in [0.05, 0.1) is 6.54 Å². The Kier molecular flexibility index (Phi) is 3.89. The summed E-state index contributed by atoms with van der Waals surface area (Å²) in [5, 5.41) is 4.89. The second-order valence-electron chi connectivity index (χ2n) is 3.47. The molecule has 0 aliphatic rings. The van der Waals surface area contributed by atoms with Gasteiger partial charge in [0.2, 0.25) is 5.91 Å². The average Bonchev–Trinajstić information content (AvgIpc) is 2.46. The molecule has 0 saturated carbocycles. The highest BCUT2D eigenvalue weighted by Crippen LogP contribution is 2.14. The summed E-state index contributed by atoms with van der Waals surface area (Å²) in [4.78, 5) is 12.5. The van der Waals surface area contributed by atoms with Crippen molar-refractivity contribution >= 4 is 17.2 Å². The average molecular weight is 209 g/mol. The summed E-state index contributed by atoms with van der Waals surface area (Å²) in [5.41, 5.74) is 2.26. The van der Waals surface area contributed by atoms with E-state index in [-0.39, 0.29) is 5.91 Å². The zero-order valence-electron chi connectivity index (χ0n) is 8.76. The Labute approximate surface area is 88.6 Å². The van der Waals surface area contributed by atoms with Crippen LogP contribution in [0, 0.1) is 6.92 Å². The Hall–Kier alpha value is -1.09. The molecule has 0 aliphatic carbocycles. The molecule has 0 saturated heterocycles. The third kappa shape index (κ3) is 3.34. The summed E-state index contributed by atoms with van der Waals surface area (Å²) in [6.45, 7) is 6.51. The topological polar surface area (TPSA) is 29.1 Å². The lowest BCUT2D eigenvalue weighted by Gasteiger charge is -2.01. The Morgan fingerprint density at radius 2 is 2.29 bits per heavy atom. The predicted molar refractivity (Wildman–Crippen MR) is 60.3 cm³/mol. The molecule has 1 rings (SSSR count). The summed E-state index contributed by atoms with van der Waals surface area (Å²) in [6.07, 6.45) is 1.61. The molecule has 0 fully saturated rings. The van der Waals surface area contributed by atoms with E-state index in [1.54, 1.807) is 17.4 Å². The molecule has 0 spiro atoms. The van der Waals surface area contributed by atoms with Crippen LogP contribution in [-0.2, 0) is 11.3 Å². The molecule has 0 atom stereocenters. The monoisotopic (exact) mass is 209 g/mol. The molecule has 1 N–H and O–H groups in total. The maximum absolute atomic E-state index is 11.3. The van der Waals surface area contributed by atoms with Crippen molar-refractivity contribution in [3.05, 3.63) is 33.5 Å². The lowest BCUT2D eigenvalue weighted by atomic mass is 10.3. The third-order valence-corrected chi connectivity index (χ3v) is 2.83. The number of aryl methyl sites for hydroxylation is 1. The van der Waals surface area contributed by atoms with Crippen molar-refractivity contribution in [1.82, 2.24) is 5.32 Å². The molecule has 0 unspecified atom stereocenters. The Balaban J connectivity index is 2.46. The molecule has 3 heteroatoms. The summed E-state index contributed by atoms with van der Waals surface area (Å²) in [6, 6.07) is 2.06. The lowest BCUT2D eigenvalue weighted by Crippen LogP contribution is -2.20. The Morgan fingerprint density at radius 1 is 1.57 bits per heavy atom. The Morgan fingerprint density at radius 3 is 2.79 bits per heavy atom. The smallest absolute Gasteiger partial charge is 0.244 e. The highest BCUT2D eigenvalue weighted by Gasteiger charge is 2.01. The molecule has 0 aliphatic heterocycles. The fourth-order valence-corrected chi connectivity index (χ4v) is 1.91.